The molecule has 1 unspecified atom stereocenters. The van der Waals surface area contributed by atoms with Gasteiger partial charge in [0.25, 0.3) is 0 Å². The average Bonchev–Trinajstić information content (AvgIpc) is 3.21. The van der Waals surface area contributed by atoms with Crippen LogP contribution >= 0.6 is 0 Å². The first-order chi connectivity index (χ1) is 13.7. The summed E-state index contributed by atoms with van der Waals surface area (Å²) in [5, 5.41) is 18.8. The molecule has 28 heavy (non-hydrogen) atoms. The summed E-state index contributed by atoms with van der Waals surface area (Å²) in [5.74, 6) is 3.44. The lowest BCUT2D eigenvalue weighted by atomic mass is 9.97. The number of hydrogen-bond donors (Lipinski definition) is 0. The Morgan fingerprint density at radius 3 is 2.71 bits per heavy atom. The van der Waals surface area contributed by atoms with Crippen LogP contribution in [0.25, 0.3) is 10.8 Å². The van der Waals surface area contributed by atoms with E-state index in [1.807, 2.05) is 12.1 Å². The van der Waals surface area contributed by atoms with Crippen molar-refractivity contribution in [2.45, 2.75) is 25.4 Å². The van der Waals surface area contributed by atoms with Gasteiger partial charge in [-0.2, -0.15) is 5.10 Å². The van der Waals surface area contributed by atoms with Gasteiger partial charge in [0.15, 0.2) is 17.3 Å². The van der Waals surface area contributed by atoms with Crippen molar-refractivity contribution >= 4 is 16.6 Å². The highest BCUT2D eigenvalue weighted by Gasteiger charge is 2.28. The van der Waals surface area contributed by atoms with Crippen LogP contribution in [0.2, 0.25) is 0 Å². The van der Waals surface area contributed by atoms with Gasteiger partial charge in [0.1, 0.15) is 6.61 Å². The number of rotatable bonds is 6. The smallest absolute Gasteiger partial charge is 0.242 e. The van der Waals surface area contributed by atoms with Crippen LogP contribution < -0.4 is 14.4 Å². The van der Waals surface area contributed by atoms with Gasteiger partial charge in [0, 0.05) is 31.0 Å². The van der Waals surface area contributed by atoms with Crippen LogP contribution in [0, 0.1) is 0 Å². The average molecular weight is 385 g/mol. The number of fused-ring (bicyclic) bond motifs is 1. The van der Waals surface area contributed by atoms with Crippen LogP contribution in [-0.2, 0) is 11.3 Å². The van der Waals surface area contributed by atoms with Gasteiger partial charge in [-0.25, -0.2) is 0 Å². The van der Waals surface area contributed by atoms with E-state index in [4.69, 9.17) is 18.6 Å². The zero-order valence-corrected chi connectivity index (χ0v) is 16.2. The van der Waals surface area contributed by atoms with Crippen molar-refractivity contribution in [3.05, 3.63) is 30.1 Å². The zero-order chi connectivity index (χ0) is 19.5. The predicted octanol–water partition coefficient (Wildman–Crippen LogP) is 2.56. The number of benzene rings is 1. The molecule has 0 N–H and O–H groups in total. The Bertz CT molecular complexity index is 961. The lowest BCUT2D eigenvalue weighted by Crippen LogP contribution is -2.35. The Morgan fingerprint density at radius 2 is 1.93 bits per heavy atom. The third-order valence-corrected chi connectivity index (χ3v) is 4.97. The van der Waals surface area contributed by atoms with Gasteiger partial charge in [0.2, 0.25) is 11.8 Å². The van der Waals surface area contributed by atoms with E-state index in [0.29, 0.717) is 29.9 Å². The molecule has 9 heteroatoms. The first kappa shape index (κ1) is 18.4. The van der Waals surface area contributed by atoms with Crippen LogP contribution in [0.15, 0.2) is 22.7 Å². The lowest BCUT2D eigenvalue weighted by Gasteiger charge is -2.32. The van der Waals surface area contributed by atoms with Gasteiger partial charge in [-0.15, -0.1) is 15.3 Å². The van der Waals surface area contributed by atoms with Crippen molar-refractivity contribution in [1.82, 2.24) is 20.4 Å². The molecule has 0 aliphatic carbocycles. The molecule has 0 spiro atoms. The lowest BCUT2D eigenvalue weighted by molar-refractivity contribution is 0.157. The van der Waals surface area contributed by atoms with Gasteiger partial charge in [-0.3, -0.25) is 0 Å². The molecule has 0 amide bonds. The fraction of sp³-hybridized carbons (Fsp3) is 0.474. The van der Waals surface area contributed by atoms with Crippen molar-refractivity contribution in [1.29, 1.82) is 0 Å². The first-order valence-electron chi connectivity index (χ1n) is 9.17. The van der Waals surface area contributed by atoms with Gasteiger partial charge >= 0.3 is 0 Å². The highest BCUT2D eigenvalue weighted by molar-refractivity contribution is 5.94. The minimum atomic E-state index is 0.143. The number of ether oxygens (including phenoxy) is 3. The highest BCUT2D eigenvalue weighted by atomic mass is 16.5. The van der Waals surface area contributed by atoms with Crippen LogP contribution in [0.1, 0.15) is 30.5 Å². The SMILES string of the molecule is COCc1nnc(C2CCCN(c3nncc4cc(OC)c(OC)cc34)C2)o1. The van der Waals surface area contributed by atoms with Crippen molar-refractivity contribution in [3.63, 3.8) is 0 Å². The number of methoxy groups -OCH3 is 3. The Kier molecular flexibility index (Phi) is 5.25. The summed E-state index contributed by atoms with van der Waals surface area (Å²) in [6.07, 6.45) is 3.72. The largest absolute Gasteiger partial charge is 0.493 e. The minimum absolute atomic E-state index is 0.143. The maximum absolute atomic E-state index is 5.76. The Hall–Kier alpha value is -2.94. The molecule has 1 fully saturated rings. The summed E-state index contributed by atoms with van der Waals surface area (Å²) < 4.78 is 21.7. The van der Waals surface area contributed by atoms with Gasteiger partial charge < -0.3 is 23.5 Å². The number of anilines is 1. The summed E-state index contributed by atoms with van der Waals surface area (Å²) in [6.45, 7) is 1.94. The normalized spacial score (nSPS) is 17.1. The van der Waals surface area contributed by atoms with Crippen molar-refractivity contribution < 1.29 is 18.6 Å². The molecule has 1 saturated heterocycles. The quantitative estimate of drug-likeness (QED) is 0.634. The maximum atomic E-state index is 5.76. The van der Waals surface area contributed by atoms with E-state index in [9.17, 15) is 0 Å². The third-order valence-electron chi connectivity index (χ3n) is 4.97. The fourth-order valence-corrected chi connectivity index (χ4v) is 3.61. The molecule has 2 aromatic heterocycles. The second-order valence-electron chi connectivity index (χ2n) is 6.71. The number of hydrogen-bond acceptors (Lipinski definition) is 9. The van der Waals surface area contributed by atoms with Crippen LogP contribution in [0.5, 0.6) is 11.5 Å². The van der Waals surface area contributed by atoms with Crippen LogP contribution in [-0.4, -0.2) is 54.8 Å². The van der Waals surface area contributed by atoms with Crippen LogP contribution in [0.3, 0.4) is 0 Å². The molecular weight excluding hydrogens is 362 g/mol. The molecule has 1 aromatic carbocycles. The fourth-order valence-electron chi connectivity index (χ4n) is 3.61. The summed E-state index contributed by atoms with van der Waals surface area (Å²) in [7, 11) is 4.85. The summed E-state index contributed by atoms with van der Waals surface area (Å²) >= 11 is 0. The topological polar surface area (TPSA) is 95.6 Å². The molecule has 0 radical (unpaired) electrons. The molecule has 1 atom stereocenters. The molecule has 0 bridgehead atoms. The number of aromatic nitrogens is 4. The summed E-state index contributed by atoms with van der Waals surface area (Å²) in [4.78, 5) is 2.22. The molecule has 3 aromatic rings. The summed E-state index contributed by atoms with van der Waals surface area (Å²) in [5.41, 5.74) is 0. The zero-order valence-electron chi connectivity index (χ0n) is 16.2. The van der Waals surface area contributed by atoms with Gasteiger partial charge in [-0.1, -0.05) is 0 Å². The summed E-state index contributed by atoms with van der Waals surface area (Å²) in [6, 6.07) is 3.87. The molecule has 9 nitrogen and oxygen atoms in total. The van der Waals surface area contributed by atoms with E-state index in [-0.39, 0.29) is 5.92 Å². The highest BCUT2D eigenvalue weighted by Crippen LogP contribution is 2.37. The molecule has 1 aliphatic rings. The van der Waals surface area contributed by atoms with Gasteiger partial charge in [0.05, 0.1) is 26.3 Å². The third kappa shape index (κ3) is 3.45. The van der Waals surface area contributed by atoms with Crippen molar-refractivity contribution in [3.8, 4) is 11.5 Å². The molecule has 3 heterocycles. The molecular formula is C19H23N5O4. The van der Waals surface area contributed by atoms with E-state index in [1.54, 1.807) is 27.5 Å². The van der Waals surface area contributed by atoms with Crippen molar-refractivity contribution in [2.75, 3.05) is 39.3 Å². The first-order valence-corrected chi connectivity index (χ1v) is 9.17. The second kappa shape index (κ2) is 7.97. The monoisotopic (exact) mass is 385 g/mol. The molecule has 148 valence electrons. The molecule has 1 aliphatic heterocycles. The number of nitrogens with zero attached hydrogens (tertiary/aromatic N) is 5. The Morgan fingerprint density at radius 1 is 1.11 bits per heavy atom. The van der Waals surface area contributed by atoms with E-state index in [1.165, 1.54) is 0 Å². The standard InChI is InChI=1S/C19H23N5O4/c1-25-11-17-21-23-19(28-17)12-5-4-6-24(10-12)18-14-8-16(27-3)15(26-2)7-13(14)9-20-22-18/h7-9,12H,4-6,10-11H2,1-3H3. The van der Waals surface area contributed by atoms with E-state index in [2.05, 4.69) is 25.3 Å². The van der Waals surface area contributed by atoms with Crippen molar-refractivity contribution in [2.24, 2.45) is 0 Å². The predicted molar refractivity (Wildman–Crippen MR) is 102 cm³/mol. The Balaban J connectivity index is 1.65. The maximum Gasteiger partial charge on any atom is 0.242 e. The van der Waals surface area contributed by atoms with E-state index < -0.39 is 0 Å². The van der Waals surface area contributed by atoms with E-state index >= 15 is 0 Å². The molecule has 4 rings (SSSR count). The second-order valence-corrected chi connectivity index (χ2v) is 6.71. The minimum Gasteiger partial charge on any atom is -0.493 e. The molecule has 0 saturated carbocycles. The number of piperidine rings is 1. The van der Waals surface area contributed by atoms with Gasteiger partial charge in [-0.05, 0) is 25.0 Å². The Labute approximate surface area is 162 Å². The van der Waals surface area contributed by atoms with Crippen LogP contribution in [0.4, 0.5) is 5.82 Å². The van der Waals surface area contributed by atoms with E-state index in [0.717, 1.165) is 42.5 Å².